The zero-order valence-electron chi connectivity index (χ0n) is 18.4. The van der Waals surface area contributed by atoms with Crippen LogP contribution in [0.25, 0.3) is 22.5 Å². The topological polar surface area (TPSA) is 110 Å². The normalized spacial score (nSPS) is 11.8. The quantitative estimate of drug-likeness (QED) is 0.455. The first-order chi connectivity index (χ1) is 15.3. The van der Waals surface area contributed by atoms with E-state index in [2.05, 4.69) is 9.97 Å². The van der Waals surface area contributed by atoms with Gasteiger partial charge in [-0.1, -0.05) is 18.2 Å². The number of carboxylic acid groups (broad SMARTS) is 1. The van der Waals surface area contributed by atoms with Crippen molar-refractivity contribution >= 4 is 16.9 Å². The number of fused-ring (bicyclic) bond motifs is 1. The van der Waals surface area contributed by atoms with Crippen molar-refractivity contribution in [3.8, 4) is 17.3 Å². The van der Waals surface area contributed by atoms with Gasteiger partial charge >= 0.3 is 5.97 Å². The number of nitrogens with one attached hydrogen (secondary N) is 1. The van der Waals surface area contributed by atoms with Gasteiger partial charge < -0.3 is 19.2 Å². The van der Waals surface area contributed by atoms with E-state index in [0.717, 1.165) is 16.9 Å². The average Bonchev–Trinajstić information content (AvgIpc) is 3.41. The Morgan fingerprint density at radius 3 is 2.62 bits per heavy atom. The second-order valence-electron chi connectivity index (χ2n) is 8.22. The largest absolute Gasteiger partial charge is 0.496 e. The van der Waals surface area contributed by atoms with Crippen LogP contribution in [-0.4, -0.2) is 32.7 Å². The number of aromatic nitrogens is 3. The summed E-state index contributed by atoms with van der Waals surface area (Å²) in [5.41, 5.74) is 1.98. The highest BCUT2D eigenvalue weighted by molar-refractivity contribution is 5.91. The molecular formula is C24H25N3O5. The Balaban J connectivity index is 1.92. The number of aliphatic carboxylic acids is 1. The minimum Gasteiger partial charge on any atom is -0.496 e. The molecule has 0 radical (unpaired) electrons. The Kier molecular flexibility index (Phi) is 5.38. The Bertz CT molecular complexity index is 1350. The van der Waals surface area contributed by atoms with Crippen LogP contribution in [0.5, 0.6) is 5.75 Å². The van der Waals surface area contributed by atoms with E-state index in [9.17, 15) is 14.7 Å². The van der Waals surface area contributed by atoms with Gasteiger partial charge in [-0.3, -0.25) is 9.36 Å². The predicted molar refractivity (Wildman–Crippen MR) is 120 cm³/mol. The van der Waals surface area contributed by atoms with Gasteiger partial charge in [-0.25, -0.2) is 9.78 Å². The minimum absolute atomic E-state index is 0.373. The second kappa shape index (κ2) is 8.03. The molecular weight excluding hydrogens is 410 g/mol. The third-order valence-corrected chi connectivity index (χ3v) is 5.92. The molecule has 0 unspecified atom stereocenters. The average molecular weight is 435 g/mol. The molecule has 4 rings (SSSR count). The molecule has 0 aliphatic rings. The number of benzene rings is 1. The molecule has 0 atom stereocenters. The molecule has 0 fully saturated rings. The third-order valence-electron chi connectivity index (χ3n) is 5.92. The van der Waals surface area contributed by atoms with Gasteiger partial charge in [0.15, 0.2) is 0 Å². The molecule has 0 aliphatic carbocycles. The standard InChI is InChI=1S/C24H25N3O5/c1-14-18-20(26-19(14)21-25-11-12-32-21)16(10-9-15-7-5-6-8-17(15)31-4)13-27(22(18)28)24(2,3)23(29)30/h5-8,11-13,26H,9-10H2,1-4H3,(H,29,30). The van der Waals surface area contributed by atoms with Crippen LogP contribution in [-0.2, 0) is 23.2 Å². The number of hydrogen-bond donors (Lipinski definition) is 2. The monoisotopic (exact) mass is 435 g/mol. The summed E-state index contributed by atoms with van der Waals surface area (Å²) < 4.78 is 12.2. The fraction of sp³-hybridized carbons (Fsp3) is 0.292. The van der Waals surface area contributed by atoms with Crippen molar-refractivity contribution in [3.05, 3.63) is 70.0 Å². The summed E-state index contributed by atoms with van der Waals surface area (Å²) in [5, 5.41) is 10.2. The summed E-state index contributed by atoms with van der Waals surface area (Å²) in [7, 11) is 1.63. The van der Waals surface area contributed by atoms with E-state index in [1.54, 1.807) is 13.3 Å². The molecule has 8 heteroatoms. The lowest BCUT2D eigenvalue weighted by Crippen LogP contribution is -2.42. The Hall–Kier alpha value is -3.81. The number of ether oxygens (including phenoxy) is 1. The first-order valence-electron chi connectivity index (χ1n) is 10.3. The van der Waals surface area contributed by atoms with Crippen LogP contribution in [0.3, 0.4) is 0 Å². The molecule has 2 N–H and O–H groups in total. The number of aromatic amines is 1. The molecule has 0 amide bonds. The van der Waals surface area contributed by atoms with Gasteiger partial charge in [-0.15, -0.1) is 0 Å². The van der Waals surface area contributed by atoms with Crippen molar-refractivity contribution in [3.63, 3.8) is 0 Å². The van der Waals surface area contributed by atoms with Crippen LogP contribution in [0.2, 0.25) is 0 Å². The number of nitrogens with zero attached hydrogens (tertiary/aromatic N) is 2. The first kappa shape index (κ1) is 21.4. The fourth-order valence-corrected chi connectivity index (χ4v) is 3.95. The van der Waals surface area contributed by atoms with Crippen LogP contribution in [0, 0.1) is 6.92 Å². The molecule has 0 bridgehead atoms. The van der Waals surface area contributed by atoms with Crippen LogP contribution in [0.4, 0.5) is 0 Å². The van der Waals surface area contributed by atoms with E-state index < -0.39 is 11.5 Å². The summed E-state index contributed by atoms with van der Waals surface area (Å²) in [6.45, 7) is 4.84. The van der Waals surface area contributed by atoms with Crippen LogP contribution in [0.1, 0.15) is 30.5 Å². The molecule has 0 saturated heterocycles. The highest BCUT2D eigenvalue weighted by Crippen LogP contribution is 2.31. The summed E-state index contributed by atoms with van der Waals surface area (Å²) in [6.07, 6.45) is 5.86. The van der Waals surface area contributed by atoms with Crippen molar-refractivity contribution in [2.24, 2.45) is 0 Å². The van der Waals surface area contributed by atoms with Crippen molar-refractivity contribution < 1.29 is 19.1 Å². The van der Waals surface area contributed by atoms with E-state index in [-0.39, 0.29) is 5.56 Å². The number of aryl methyl sites for hydroxylation is 3. The van der Waals surface area contributed by atoms with Gasteiger partial charge in [0.2, 0.25) is 5.89 Å². The number of carbonyl (C=O) groups is 1. The number of carboxylic acids is 1. The Labute approximate surface area is 184 Å². The van der Waals surface area contributed by atoms with E-state index >= 15 is 0 Å². The molecule has 3 aromatic heterocycles. The maximum Gasteiger partial charge on any atom is 0.329 e. The molecule has 32 heavy (non-hydrogen) atoms. The summed E-state index contributed by atoms with van der Waals surface area (Å²) in [5.74, 6) is 0.0691. The third kappa shape index (κ3) is 3.47. The Morgan fingerprint density at radius 1 is 1.25 bits per heavy atom. The lowest BCUT2D eigenvalue weighted by atomic mass is 10.00. The highest BCUT2D eigenvalue weighted by atomic mass is 16.5. The maximum atomic E-state index is 13.4. The molecule has 8 nitrogen and oxygen atoms in total. The Morgan fingerprint density at radius 2 is 1.97 bits per heavy atom. The van der Waals surface area contributed by atoms with Crippen molar-refractivity contribution in [1.29, 1.82) is 0 Å². The smallest absolute Gasteiger partial charge is 0.329 e. The van der Waals surface area contributed by atoms with Crippen molar-refractivity contribution in [2.45, 2.75) is 39.2 Å². The lowest BCUT2D eigenvalue weighted by molar-refractivity contribution is -0.145. The van der Waals surface area contributed by atoms with Crippen molar-refractivity contribution in [1.82, 2.24) is 14.5 Å². The molecule has 0 spiro atoms. The second-order valence-corrected chi connectivity index (χ2v) is 8.22. The van der Waals surface area contributed by atoms with Crippen molar-refractivity contribution in [2.75, 3.05) is 7.11 Å². The zero-order chi connectivity index (χ0) is 23.0. The van der Waals surface area contributed by atoms with Gasteiger partial charge in [0, 0.05) is 6.20 Å². The molecule has 3 heterocycles. The minimum atomic E-state index is -1.42. The maximum absolute atomic E-state index is 13.4. The van der Waals surface area contributed by atoms with E-state index in [1.807, 2.05) is 31.2 Å². The highest BCUT2D eigenvalue weighted by Gasteiger charge is 2.32. The molecule has 166 valence electrons. The molecule has 1 aromatic carbocycles. The van der Waals surface area contributed by atoms with E-state index in [4.69, 9.17) is 9.15 Å². The van der Waals surface area contributed by atoms with Crippen LogP contribution in [0.15, 0.2) is 52.1 Å². The SMILES string of the molecule is COc1ccccc1CCc1cn(C(C)(C)C(=O)O)c(=O)c2c(C)c(-c3ncco3)[nH]c12. The van der Waals surface area contributed by atoms with Gasteiger partial charge in [0.1, 0.15) is 23.2 Å². The number of pyridine rings is 1. The number of oxazole rings is 1. The summed E-state index contributed by atoms with van der Waals surface area (Å²) >= 11 is 0. The van der Waals surface area contributed by atoms with E-state index in [1.165, 1.54) is 30.9 Å². The van der Waals surface area contributed by atoms with Crippen LogP contribution >= 0.6 is 0 Å². The lowest BCUT2D eigenvalue weighted by Gasteiger charge is -2.24. The molecule has 0 saturated carbocycles. The summed E-state index contributed by atoms with van der Waals surface area (Å²) in [4.78, 5) is 32.9. The van der Waals surface area contributed by atoms with Gasteiger partial charge in [-0.05, 0) is 56.4 Å². The summed E-state index contributed by atoms with van der Waals surface area (Å²) in [6, 6.07) is 7.75. The zero-order valence-corrected chi connectivity index (χ0v) is 18.4. The number of rotatable bonds is 7. The number of para-hydroxylation sites is 1. The first-order valence-corrected chi connectivity index (χ1v) is 10.3. The molecule has 0 aliphatic heterocycles. The number of H-pyrrole nitrogens is 1. The predicted octanol–water partition coefficient (Wildman–Crippen LogP) is 3.91. The molecule has 4 aromatic rings. The van der Waals surface area contributed by atoms with Gasteiger partial charge in [0.25, 0.3) is 5.56 Å². The number of methoxy groups -OCH3 is 1. The van der Waals surface area contributed by atoms with Gasteiger partial charge in [0.05, 0.1) is 24.2 Å². The van der Waals surface area contributed by atoms with Crippen LogP contribution < -0.4 is 10.3 Å². The fourth-order valence-electron chi connectivity index (χ4n) is 3.95. The number of hydrogen-bond acceptors (Lipinski definition) is 5. The van der Waals surface area contributed by atoms with Gasteiger partial charge in [-0.2, -0.15) is 0 Å². The van der Waals surface area contributed by atoms with E-state index in [0.29, 0.717) is 40.9 Å².